The number of pyridine rings is 1. The molecule has 192 valence electrons. The molecule has 37 heavy (non-hydrogen) atoms. The number of hydrogen-bond donors (Lipinski definition) is 1. The van der Waals surface area contributed by atoms with Crippen molar-refractivity contribution < 1.29 is 13.6 Å². The van der Waals surface area contributed by atoms with Gasteiger partial charge in [-0.25, -0.2) is 23.7 Å². The summed E-state index contributed by atoms with van der Waals surface area (Å²) >= 11 is 0. The lowest BCUT2D eigenvalue weighted by Gasteiger charge is -2.33. The molecule has 5 rings (SSSR count). The van der Waals surface area contributed by atoms with Crippen molar-refractivity contribution in [2.45, 2.75) is 32.2 Å². The molecule has 0 aliphatic carbocycles. The van der Waals surface area contributed by atoms with Crippen molar-refractivity contribution >= 4 is 34.3 Å². The Labute approximate surface area is 214 Å². The lowest BCUT2D eigenvalue weighted by atomic mass is 10.0. The second kappa shape index (κ2) is 10.1. The summed E-state index contributed by atoms with van der Waals surface area (Å²) in [5.41, 5.74) is 1.98. The van der Waals surface area contributed by atoms with Gasteiger partial charge in [-0.2, -0.15) is 0 Å². The Hall–Kier alpha value is -4.08. The molecule has 0 unspecified atom stereocenters. The third kappa shape index (κ3) is 4.83. The van der Waals surface area contributed by atoms with Crippen LogP contribution in [0.2, 0.25) is 0 Å². The van der Waals surface area contributed by atoms with Crippen LogP contribution in [-0.2, 0) is 6.42 Å². The zero-order valence-corrected chi connectivity index (χ0v) is 21.1. The minimum absolute atomic E-state index is 0.0639. The van der Waals surface area contributed by atoms with Crippen LogP contribution in [0.15, 0.2) is 49.1 Å². The number of piperidine rings is 1. The molecule has 0 radical (unpaired) electrons. The first-order valence-electron chi connectivity index (χ1n) is 12.3. The Bertz CT molecular complexity index is 1430. The van der Waals surface area contributed by atoms with E-state index in [0.29, 0.717) is 5.65 Å². The van der Waals surface area contributed by atoms with Gasteiger partial charge in [-0.05, 0) is 49.1 Å². The van der Waals surface area contributed by atoms with E-state index in [-0.39, 0.29) is 34.4 Å². The molecule has 1 aromatic carbocycles. The number of rotatable bonds is 6. The average Bonchev–Trinajstić information content (AvgIpc) is 3.26. The van der Waals surface area contributed by atoms with Gasteiger partial charge in [0.1, 0.15) is 29.4 Å². The maximum absolute atomic E-state index is 15.2. The van der Waals surface area contributed by atoms with Crippen LogP contribution in [0.4, 0.5) is 26.1 Å². The first kappa shape index (κ1) is 24.6. The molecule has 8 nitrogen and oxygen atoms in total. The minimum Gasteiger partial charge on any atom is -0.356 e. The fourth-order valence-electron chi connectivity index (χ4n) is 4.73. The fraction of sp³-hybridized carbons (Fsp3) is 0.333. The van der Waals surface area contributed by atoms with Gasteiger partial charge in [0.25, 0.3) is 5.91 Å². The summed E-state index contributed by atoms with van der Waals surface area (Å²) in [6.07, 6.45) is 7.28. The van der Waals surface area contributed by atoms with Crippen LogP contribution in [-0.4, -0.2) is 57.5 Å². The molecule has 1 saturated heterocycles. The van der Waals surface area contributed by atoms with Gasteiger partial charge in [0.15, 0.2) is 5.82 Å². The first-order chi connectivity index (χ1) is 17.9. The number of carbonyl (C=O) groups is 1. The Morgan fingerprint density at radius 3 is 2.51 bits per heavy atom. The van der Waals surface area contributed by atoms with Gasteiger partial charge in [-0.15, -0.1) is 0 Å². The van der Waals surface area contributed by atoms with Crippen molar-refractivity contribution in [3.05, 3.63) is 71.8 Å². The summed E-state index contributed by atoms with van der Waals surface area (Å²) < 4.78 is 31.8. The van der Waals surface area contributed by atoms with Gasteiger partial charge in [0.2, 0.25) is 0 Å². The van der Waals surface area contributed by atoms with E-state index in [1.807, 2.05) is 10.8 Å². The second-order valence-electron chi connectivity index (χ2n) is 9.42. The van der Waals surface area contributed by atoms with Crippen molar-refractivity contribution in [3.8, 4) is 0 Å². The van der Waals surface area contributed by atoms with Crippen molar-refractivity contribution in [3.63, 3.8) is 0 Å². The molecule has 4 heterocycles. The molecule has 1 fully saturated rings. The van der Waals surface area contributed by atoms with Crippen LogP contribution in [0.1, 0.15) is 41.7 Å². The van der Waals surface area contributed by atoms with Gasteiger partial charge in [0, 0.05) is 51.2 Å². The van der Waals surface area contributed by atoms with Gasteiger partial charge < -0.3 is 19.7 Å². The summed E-state index contributed by atoms with van der Waals surface area (Å²) in [7, 11) is 3.20. The lowest BCUT2D eigenvalue weighted by molar-refractivity contribution is 0.0827. The molecule has 10 heteroatoms. The largest absolute Gasteiger partial charge is 0.356 e. The van der Waals surface area contributed by atoms with E-state index in [1.165, 1.54) is 35.1 Å². The smallest absolute Gasteiger partial charge is 0.253 e. The molecular formula is C27H29F2N7O. The predicted molar refractivity (Wildman–Crippen MR) is 139 cm³/mol. The third-order valence-corrected chi connectivity index (χ3v) is 6.84. The molecule has 3 aromatic heterocycles. The summed E-state index contributed by atoms with van der Waals surface area (Å²) in [4.78, 5) is 28.9. The van der Waals surface area contributed by atoms with Crippen LogP contribution in [0.3, 0.4) is 0 Å². The molecule has 0 spiro atoms. The topological polar surface area (TPSA) is 79.2 Å². The number of amides is 1. The van der Waals surface area contributed by atoms with Gasteiger partial charge >= 0.3 is 0 Å². The Morgan fingerprint density at radius 2 is 1.86 bits per heavy atom. The standard InChI is InChI=1S/C27H29F2N7O/c1-4-17-5-8-23(30-14-17)35-11-9-19(10-12-35)36-15-21(29)24-25(31-16-32-26(24)36)33-22-7-6-18(13-20(22)28)27(37)34(2)3/h5-8,13-16,19H,4,9-12H2,1-3H3,(H,31,32,33). The second-order valence-corrected chi connectivity index (χ2v) is 9.42. The van der Waals surface area contributed by atoms with Crippen LogP contribution >= 0.6 is 0 Å². The number of aromatic nitrogens is 4. The summed E-state index contributed by atoms with van der Waals surface area (Å²) in [5.74, 6) is -0.292. The van der Waals surface area contributed by atoms with E-state index in [2.05, 4.69) is 44.2 Å². The highest BCUT2D eigenvalue weighted by molar-refractivity contribution is 5.95. The van der Waals surface area contributed by atoms with Crippen LogP contribution in [0.5, 0.6) is 0 Å². The fourth-order valence-corrected chi connectivity index (χ4v) is 4.73. The predicted octanol–water partition coefficient (Wildman–Crippen LogP) is 4.95. The number of halogens is 2. The monoisotopic (exact) mass is 505 g/mol. The van der Waals surface area contributed by atoms with Crippen LogP contribution in [0.25, 0.3) is 11.0 Å². The summed E-state index contributed by atoms with van der Waals surface area (Å²) in [6, 6.07) is 8.34. The van der Waals surface area contributed by atoms with Crippen molar-refractivity contribution in [2.75, 3.05) is 37.4 Å². The van der Waals surface area contributed by atoms with E-state index in [0.717, 1.165) is 44.2 Å². The van der Waals surface area contributed by atoms with E-state index < -0.39 is 11.6 Å². The number of nitrogens with zero attached hydrogens (tertiary/aromatic N) is 6. The van der Waals surface area contributed by atoms with Gasteiger partial charge in [0.05, 0.1) is 11.1 Å². The maximum Gasteiger partial charge on any atom is 0.253 e. The van der Waals surface area contributed by atoms with E-state index in [1.54, 1.807) is 14.1 Å². The molecule has 4 aromatic rings. The number of anilines is 3. The highest BCUT2D eigenvalue weighted by Gasteiger charge is 2.25. The Kier molecular flexibility index (Phi) is 6.73. The lowest BCUT2D eigenvalue weighted by Crippen LogP contribution is -2.35. The Morgan fingerprint density at radius 1 is 1.08 bits per heavy atom. The van der Waals surface area contributed by atoms with E-state index in [9.17, 15) is 9.18 Å². The van der Waals surface area contributed by atoms with E-state index >= 15 is 4.39 Å². The zero-order chi connectivity index (χ0) is 26.1. The molecule has 1 aliphatic heterocycles. The van der Waals surface area contributed by atoms with Gasteiger partial charge in [-0.1, -0.05) is 13.0 Å². The quantitative estimate of drug-likeness (QED) is 0.399. The highest BCUT2D eigenvalue weighted by Crippen LogP contribution is 2.33. The maximum atomic E-state index is 15.2. The number of carbonyl (C=O) groups excluding carboxylic acids is 1. The molecule has 0 atom stereocenters. The number of benzene rings is 1. The van der Waals surface area contributed by atoms with Crippen LogP contribution in [0, 0.1) is 11.6 Å². The molecule has 1 N–H and O–H groups in total. The van der Waals surface area contributed by atoms with Crippen molar-refractivity contribution in [1.29, 1.82) is 0 Å². The highest BCUT2D eigenvalue weighted by atomic mass is 19.1. The number of hydrogen-bond acceptors (Lipinski definition) is 6. The number of nitrogens with one attached hydrogen (secondary N) is 1. The number of fused-ring (bicyclic) bond motifs is 1. The Balaban J connectivity index is 1.36. The van der Waals surface area contributed by atoms with E-state index in [4.69, 9.17) is 0 Å². The molecule has 1 aliphatic rings. The van der Waals surface area contributed by atoms with Crippen molar-refractivity contribution in [1.82, 2.24) is 24.4 Å². The van der Waals surface area contributed by atoms with Gasteiger partial charge in [-0.3, -0.25) is 4.79 Å². The first-order valence-corrected chi connectivity index (χ1v) is 12.3. The molecule has 0 bridgehead atoms. The average molecular weight is 506 g/mol. The van der Waals surface area contributed by atoms with Crippen molar-refractivity contribution in [2.24, 2.45) is 0 Å². The molecule has 0 saturated carbocycles. The normalized spacial score (nSPS) is 14.2. The summed E-state index contributed by atoms with van der Waals surface area (Å²) in [6.45, 7) is 3.70. The zero-order valence-electron chi connectivity index (χ0n) is 21.1. The minimum atomic E-state index is -0.632. The third-order valence-electron chi connectivity index (χ3n) is 6.84. The SMILES string of the molecule is CCc1ccc(N2CCC(n3cc(F)c4c(Nc5ccc(C(=O)N(C)C)cc5F)ncnc43)CC2)nc1. The molecule has 1 amide bonds. The number of aryl methyl sites for hydroxylation is 1. The molecular weight excluding hydrogens is 476 g/mol. The van der Waals surface area contributed by atoms with Crippen LogP contribution < -0.4 is 10.2 Å². The summed E-state index contributed by atoms with van der Waals surface area (Å²) in [5, 5.41) is 3.09.